The normalized spacial score (nSPS) is 44.0. The monoisotopic (exact) mass is 360 g/mol. The number of fused-ring (bicyclic) bond motifs is 3. The molecule has 3 rings (SSSR count). The predicted molar refractivity (Wildman–Crippen MR) is 108 cm³/mol. The minimum atomic E-state index is 0.323. The number of ketones is 1. The van der Waals surface area contributed by atoms with Crippen molar-refractivity contribution in [2.45, 2.75) is 91.1 Å². The molecule has 0 amide bonds. The van der Waals surface area contributed by atoms with Crippen molar-refractivity contribution in [2.75, 3.05) is 6.61 Å². The highest BCUT2D eigenvalue weighted by Crippen LogP contribution is 2.59. The fourth-order valence-corrected chi connectivity index (χ4v) is 6.79. The van der Waals surface area contributed by atoms with Crippen LogP contribution in [-0.4, -0.2) is 18.5 Å². The summed E-state index contributed by atoms with van der Waals surface area (Å²) in [5.41, 5.74) is 0.487. The molecule has 3 fully saturated rings. The minimum Gasteiger partial charge on any atom is -0.374 e. The second-order valence-corrected chi connectivity index (χ2v) is 9.86. The molecule has 0 aromatic rings. The van der Waals surface area contributed by atoms with E-state index in [2.05, 4.69) is 20.4 Å². The molecule has 3 saturated carbocycles. The number of rotatable bonds is 4. The van der Waals surface area contributed by atoms with Gasteiger partial charge in [-0.15, -0.1) is 6.58 Å². The minimum absolute atomic E-state index is 0.323. The van der Waals surface area contributed by atoms with E-state index in [-0.39, 0.29) is 0 Å². The zero-order valence-electron chi connectivity index (χ0n) is 17.3. The molecule has 0 aliphatic heterocycles. The van der Waals surface area contributed by atoms with E-state index in [0.717, 1.165) is 36.5 Å². The van der Waals surface area contributed by atoms with Gasteiger partial charge in [-0.1, -0.05) is 26.3 Å². The van der Waals surface area contributed by atoms with Gasteiger partial charge in [-0.2, -0.15) is 0 Å². The van der Waals surface area contributed by atoms with Crippen LogP contribution in [0.4, 0.5) is 0 Å². The number of Topliss-reactive ketones (excluding diaryl/α,β-unsaturated/α-hetero) is 1. The fraction of sp³-hybridized carbons (Fsp3) is 0.875. The van der Waals surface area contributed by atoms with Crippen molar-refractivity contribution in [3.8, 4) is 0 Å². The highest BCUT2D eigenvalue weighted by molar-refractivity contribution is 5.78. The number of carbonyl (C=O) groups is 1. The maximum absolute atomic E-state index is 12.0. The second-order valence-electron chi connectivity index (χ2n) is 9.86. The average molecular weight is 361 g/mol. The summed E-state index contributed by atoms with van der Waals surface area (Å²) in [6.45, 7) is 11.4. The van der Waals surface area contributed by atoms with Crippen molar-refractivity contribution in [2.24, 2.45) is 35.0 Å². The maximum atomic E-state index is 12.0. The Hall–Kier alpha value is -0.630. The highest BCUT2D eigenvalue weighted by atomic mass is 16.5. The summed E-state index contributed by atoms with van der Waals surface area (Å²) in [5.74, 6) is 4.06. The fourth-order valence-electron chi connectivity index (χ4n) is 6.79. The Morgan fingerprint density at radius 2 is 1.96 bits per heavy atom. The van der Waals surface area contributed by atoms with Crippen LogP contribution in [0, 0.1) is 35.0 Å². The molecule has 26 heavy (non-hydrogen) atoms. The van der Waals surface area contributed by atoms with E-state index >= 15 is 0 Å². The van der Waals surface area contributed by atoms with E-state index in [4.69, 9.17) is 4.74 Å². The van der Waals surface area contributed by atoms with Crippen molar-refractivity contribution in [3.05, 3.63) is 12.7 Å². The SMILES string of the molecule is C=CCOC1CCC2(C)C(CCC3C(C)CCC(C(C)=O)CCCC32)C1. The topological polar surface area (TPSA) is 26.3 Å². The molecule has 2 nitrogen and oxygen atoms in total. The molecule has 3 aliphatic carbocycles. The summed E-state index contributed by atoms with van der Waals surface area (Å²) in [6.07, 6.45) is 15.0. The van der Waals surface area contributed by atoms with Gasteiger partial charge >= 0.3 is 0 Å². The average Bonchev–Trinajstić information content (AvgIpc) is 2.70. The Balaban J connectivity index is 1.73. The number of carbonyl (C=O) groups excluding carboxylic acids is 1. The van der Waals surface area contributed by atoms with Gasteiger partial charge in [0.15, 0.2) is 0 Å². The lowest BCUT2D eigenvalue weighted by molar-refractivity contribution is -0.121. The molecular formula is C24H40O2. The molecule has 0 N–H and O–H groups in total. The van der Waals surface area contributed by atoms with Gasteiger partial charge < -0.3 is 4.74 Å². The van der Waals surface area contributed by atoms with Gasteiger partial charge in [-0.05, 0) is 93.8 Å². The van der Waals surface area contributed by atoms with Crippen LogP contribution < -0.4 is 0 Å². The first-order chi connectivity index (χ1) is 12.5. The molecule has 148 valence electrons. The van der Waals surface area contributed by atoms with Crippen molar-refractivity contribution in [1.29, 1.82) is 0 Å². The molecule has 0 heterocycles. The largest absolute Gasteiger partial charge is 0.374 e. The summed E-state index contributed by atoms with van der Waals surface area (Å²) in [7, 11) is 0. The quantitative estimate of drug-likeness (QED) is 0.558. The summed E-state index contributed by atoms with van der Waals surface area (Å²) in [4.78, 5) is 12.0. The van der Waals surface area contributed by atoms with Crippen molar-refractivity contribution < 1.29 is 9.53 Å². The van der Waals surface area contributed by atoms with Crippen LogP contribution in [0.1, 0.15) is 85.0 Å². The summed E-state index contributed by atoms with van der Waals surface area (Å²) >= 11 is 0. The Morgan fingerprint density at radius 3 is 2.69 bits per heavy atom. The van der Waals surface area contributed by atoms with E-state index in [9.17, 15) is 4.79 Å². The van der Waals surface area contributed by atoms with E-state index in [0.29, 0.717) is 29.8 Å². The maximum Gasteiger partial charge on any atom is 0.132 e. The first kappa shape index (κ1) is 20.1. The van der Waals surface area contributed by atoms with E-state index < -0.39 is 0 Å². The molecular weight excluding hydrogens is 320 g/mol. The summed E-state index contributed by atoms with van der Waals surface area (Å²) in [5, 5.41) is 0. The standard InChI is InChI=1S/C24H40O2/c1-5-15-26-21-13-14-24(4)20(16-21)11-12-22-17(2)9-10-19(18(3)25)7-6-8-23(22)24/h5,17,19-23H,1,6-16H2,2-4H3. The third-order valence-corrected chi connectivity index (χ3v) is 8.49. The van der Waals surface area contributed by atoms with Gasteiger partial charge in [0, 0.05) is 5.92 Å². The van der Waals surface area contributed by atoms with E-state index in [1.54, 1.807) is 0 Å². The van der Waals surface area contributed by atoms with Crippen molar-refractivity contribution in [1.82, 2.24) is 0 Å². The molecule has 7 unspecified atom stereocenters. The molecule has 0 aromatic carbocycles. The lowest BCUT2D eigenvalue weighted by atomic mass is 9.50. The molecule has 0 bridgehead atoms. The van der Waals surface area contributed by atoms with Crippen LogP contribution in [0.5, 0.6) is 0 Å². The Morgan fingerprint density at radius 1 is 1.15 bits per heavy atom. The lowest BCUT2D eigenvalue weighted by Gasteiger charge is -2.56. The summed E-state index contributed by atoms with van der Waals surface area (Å²) < 4.78 is 6.03. The molecule has 2 heteroatoms. The van der Waals surface area contributed by atoms with Gasteiger partial charge in [0.1, 0.15) is 5.78 Å². The van der Waals surface area contributed by atoms with Crippen LogP contribution in [0.3, 0.4) is 0 Å². The summed E-state index contributed by atoms with van der Waals surface area (Å²) in [6, 6.07) is 0. The van der Waals surface area contributed by atoms with Gasteiger partial charge in [-0.3, -0.25) is 4.79 Å². The van der Waals surface area contributed by atoms with Gasteiger partial charge in [0.2, 0.25) is 0 Å². The highest BCUT2D eigenvalue weighted by Gasteiger charge is 2.51. The molecule has 7 atom stereocenters. The molecule has 0 aromatic heterocycles. The van der Waals surface area contributed by atoms with Crippen LogP contribution in [0.2, 0.25) is 0 Å². The first-order valence-corrected chi connectivity index (χ1v) is 11.2. The zero-order chi connectivity index (χ0) is 18.7. The van der Waals surface area contributed by atoms with E-state index in [1.165, 1.54) is 51.4 Å². The number of hydrogen-bond donors (Lipinski definition) is 0. The molecule has 0 spiro atoms. The molecule has 0 radical (unpaired) electrons. The number of hydrogen-bond acceptors (Lipinski definition) is 2. The van der Waals surface area contributed by atoms with Crippen molar-refractivity contribution >= 4 is 5.78 Å². The van der Waals surface area contributed by atoms with Crippen LogP contribution in [0.25, 0.3) is 0 Å². The Kier molecular flexibility index (Phi) is 6.64. The van der Waals surface area contributed by atoms with E-state index in [1.807, 2.05) is 13.0 Å². The van der Waals surface area contributed by atoms with Crippen molar-refractivity contribution in [3.63, 3.8) is 0 Å². The third kappa shape index (κ3) is 4.11. The Labute approximate surface area is 161 Å². The van der Waals surface area contributed by atoms with Gasteiger partial charge in [0.05, 0.1) is 12.7 Å². The third-order valence-electron chi connectivity index (χ3n) is 8.49. The van der Waals surface area contributed by atoms with Crippen LogP contribution in [-0.2, 0) is 9.53 Å². The zero-order valence-corrected chi connectivity index (χ0v) is 17.3. The first-order valence-electron chi connectivity index (χ1n) is 11.2. The lowest BCUT2D eigenvalue weighted by Crippen LogP contribution is -2.49. The molecule has 3 aliphatic rings. The number of ether oxygens (including phenoxy) is 1. The van der Waals surface area contributed by atoms with Gasteiger partial charge in [-0.25, -0.2) is 0 Å². The van der Waals surface area contributed by atoms with Crippen LogP contribution >= 0.6 is 0 Å². The van der Waals surface area contributed by atoms with Gasteiger partial charge in [0.25, 0.3) is 0 Å². The Bertz CT molecular complexity index is 498. The smallest absolute Gasteiger partial charge is 0.132 e. The second kappa shape index (κ2) is 8.59. The molecule has 0 saturated heterocycles. The van der Waals surface area contributed by atoms with Crippen LogP contribution in [0.15, 0.2) is 12.7 Å². The predicted octanol–water partition coefficient (Wildman–Crippen LogP) is 6.20.